The molecule has 1 fully saturated rings. The van der Waals surface area contributed by atoms with Crippen molar-refractivity contribution in [1.29, 1.82) is 0 Å². The minimum Gasteiger partial charge on any atom is -0.383 e. The van der Waals surface area contributed by atoms with E-state index in [1.54, 1.807) is 0 Å². The Hall–Kier alpha value is -1.32. The van der Waals surface area contributed by atoms with Crippen molar-refractivity contribution in [2.24, 2.45) is 5.92 Å². The maximum atomic E-state index is 6.02. The zero-order chi connectivity index (χ0) is 13.3. The van der Waals surface area contributed by atoms with Gasteiger partial charge in [0.05, 0.1) is 0 Å². The van der Waals surface area contributed by atoms with Gasteiger partial charge in [-0.05, 0) is 25.7 Å². The lowest BCUT2D eigenvalue weighted by Gasteiger charge is -2.33. The van der Waals surface area contributed by atoms with Gasteiger partial charge in [-0.25, -0.2) is 9.97 Å². The SMILES string of the molecule is Cc1c(N)nc(C(C)C)nc1N1CCCC(C)C1. The zero-order valence-electron chi connectivity index (χ0n) is 11.9. The molecule has 0 radical (unpaired) electrons. The van der Waals surface area contributed by atoms with Crippen LogP contribution in [0.4, 0.5) is 11.6 Å². The zero-order valence-corrected chi connectivity index (χ0v) is 11.9. The number of nitrogens with zero attached hydrogens (tertiary/aromatic N) is 3. The second kappa shape index (κ2) is 5.12. The van der Waals surface area contributed by atoms with Gasteiger partial charge in [0, 0.05) is 24.6 Å². The van der Waals surface area contributed by atoms with Crippen LogP contribution in [-0.2, 0) is 0 Å². The summed E-state index contributed by atoms with van der Waals surface area (Å²) in [5.41, 5.74) is 7.04. The van der Waals surface area contributed by atoms with Gasteiger partial charge in [-0.3, -0.25) is 0 Å². The van der Waals surface area contributed by atoms with E-state index >= 15 is 0 Å². The van der Waals surface area contributed by atoms with Gasteiger partial charge >= 0.3 is 0 Å². The van der Waals surface area contributed by atoms with E-state index in [0.717, 1.165) is 36.2 Å². The molecule has 0 aliphatic carbocycles. The highest BCUT2D eigenvalue weighted by Gasteiger charge is 2.21. The number of piperidine rings is 1. The highest BCUT2D eigenvalue weighted by Crippen LogP contribution is 2.28. The molecule has 2 heterocycles. The molecule has 1 saturated heterocycles. The number of anilines is 2. The van der Waals surface area contributed by atoms with Gasteiger partial charge in [-0.2, -0.15) is 0 Å². The summed E-state index contributed by atoms with van der Waals surface area (Å²) in [4.78, 5) is 11.5. The van der Waals surface area contributed by atoms with E-state index in [-0.39, 0.29) is 0 Å². The molecule has 0 aromatic carbocycles. The Morgan fingerprint density at radius 1 is 1.33 bits per heavy atom. The molecular formula is C14H24N4. The molecule has 1 aliphatic heterocycles. The van der Waals surface area contributed by atoms with Crippen molar-refractivity contribution in [1.82, 2.24) is 9.97 Å². The van der Waals surface area contributed by atoms with Crippen molar-refractivity contribution in [2.75, 3.05) is 23.7 Å². The Morgan fingerprint density at radius 2 is 2.06 bits per heavy atom. The molecule has 2 N–H and O–H groups in total. The first kappa shape index (κ1) is 13.1. The predicted molar refractivity (Wildman–Crippen MR) is 75.9 cm³/mol. The first-order chi connectivity index (χ1) is 8.49. The normalized spacial score (nSPS) is 20.5. The minimum absolute atomic E-state index is 0.314. The van der Waals surface area contributed by atoms with Crippen molar-refractivity contribution in [3.8, 4) is 0 Å². The summed E-state index contributed by atoms with van der Waals surface area (Å²) < 4.78 is 0. The first-order valence-electron chi connectivity index (χ1n) is 6.88. The van der Waals surface area contributed by atoms with Crippen LogP contribution in [0.25, 0.3) is 0 Å². The first-order valence-corrected chi connectivity index (χ1v) is 6.88. The second-order valence-electron chi connectivity index (χ2n) is 5.76. The lowest BCUT2D eigenvalue weighted by Crippen LogP contribution is -2.35. The molecule has 2 rings (SSSR count). The minimum atomic E-state index is 0.314. The lowest BCUT2D eigenvalue weighted by molar-refractivity contribution is 0.443. The third-order valence-electron chi connectivity index (χ3n) is 3.65. The number of hydrogen-bond acceptors (Lipinski definition) is 4. The standard InChI is InChI=1S/C14H24N4/c1-9(2)13-16-12(15)11(4)14(17-13)18-7-5-6-10(3)8-18/h9-10H,5-8H2,1-4H3,(H2,15,16,17). The fraction of sp³-hybridized carbons (Fsp3) is 0.714. The summed E-state index contributed by atoms with van der Waals surface area (Å²) in [7, 11) is 0. The van der Waals surface area contributed by atoms with E-state index < -0.39 is 0 Å². The number of rotatable bonds is 2. The summed E-state index contributed by atoms with van der Waals surface area (Å²) >= 11 is 0. The molecular weight excluding hydrogens is 224 g/mol. The van der Waals surface area contributed by atoms with Gasteiger partial charge in [0.25, 0.3) is 0 Å². The van der Waals surface area contributed by atoms with E-state index in [1.807, 2.05) is 6.92 Å². The lowest BCUT2D eigenvalue weighted by atomic mass is 10.00. The fourth-order valence-electron chi connectivity index (χ4n) is 2.49. The number of aromatic nitrogens is 2. The Bertz CT molecular complexity index is 428. The van der Waals surface area contributed by atoms with Crippen LogP contribution in [0.3, 0.4) is 0 Å². The predicted octanol–water partition coefficient (Wildman–Crippen LogP) is 2.73. The van der Waals surface area contributed by atoms with Crippen molar-refractivity contribution in [3.63, 3.8) is 0 Å². The smallest absolute Gasteiger partial charge is 0.137 e. The maximum Gasteiger partial charge on any atom is 0.137 e. The molecule has 0 spiro atoms. The summed E-state index contributed by atoms with van der Waals surface area (Å²) in [6.45, 7) is 10.7. The molecule has 1 aromatic heterocycles. The van der Waals surface area contributed by atoms with Crippen molar-refractivity contribution in [2.45, 2.75) is 46.5 Å². The van der Waals surface area contributed by atoms with Crippen LogP contribution in [-0.4, -0.2) is 23.1 Å². The Kier molecular flexibility index (Phi) is 3.73. The van der Waals surface area contributed by atoms with Gasteiger partial charge in [-0.15, -0.1) is 0 Å². The van der Waals surface area contributed by atoms with E-state index in [2.05, 4.69) is 30.7 Å². The van der Waals surface area contributed by atoms with Crippen LogP contribution in [0.2, 0.25) is 0 Å². The number of nitrogens with two attached hydrogens (primary N) is 1. The van der Waals surface area contributed by atoms with Crippen LogP contribution in [0, 0.1) is 12.8 Å². The molecule has 0 amide bonds. The van der Waals surface area contributed by atoms with Crippen LogP contribution >= 0.6 is 0 Å². The van der Waals surface area contributed by atoms with E-state index in [0.29, 0.717) is 11.7 Å². The molecule has 1 atom stereocenters. The third-order valence-corrected chi connectivity index (χ3v) is 3.65. The molecule has 4 heteroatoms. The summed E-state index contributed by atoms with van der Waals surface area (Å²) in [5, 5.41) is 0. The Labute approximate surface area is 110 Å². The maximum absolute atomic E-state index is 6.02. The van der Waals surface area contributed by atoms with Gasteiger partial charge in [0.2, 0.25) is 0 Å². The summed E-state index contributed by atoms with van der Waals surface area (Å²) in [6.07, 6.45) is 2.55. The van der Waals surface area contributed by atoms with Gasteiger partial charge in [0.15, 0.2) is 0 Å². The molecule has 0 bridgehead atoms. The highest BCUT2D eigenvalue weighted by molar-refractivity contribution is 5.56. The highest BCUT2D eigenvalue weighted by atomic mass is 15.2. The molecule has 1 aliphatic rings. The van der Waals surface area contributed by atoms with E-state index in [4.69, 9.17) is 10.7 Å². The second-order valence-corrected chi connectivity index (χ2v) is 5.76. The average Bonchev–Trinajstić information content (AvgIpc) is 2.32. The monoisotopic (exact) mass is 248 g/mol. The van der Waals surface area contributed by atoms with Gasteiger partial charge in [0.1, 0.15) is 17.5 Å². The summed E-state index contributed by atoms with van der Waals surface area (Å²) in [6, 6.07) is 0. The third kappa shape index (κ3) is 2.57. The Balaban J connectivity index is 2.36. The summed E-state index contributed by atoms with van der Waals surface area (Å²) in [5.74, 6) is 3.57. The largest absolute Gasteiger partial charge is 0.383 e. The van der Waals surface area contributed by atoms with Crippen molar-refractivity contribution in [3.05, 3.63) is 11.4 Å². The number of hydrogen-bond donors (Lipinski definition) is 1. The van der Waals surface area contributed by atoms with Crippen LogP contribution in [0.15, 0.2) is 0 Å². The average molecular weight is 248 g/mol. The quantitative estimate of drug-likeness (QED) is 0.874. The van der Waals surface area contributed by atoms with Crippen LogP contribution in [0.1, 0.15) is 50.9 Å². The van der Waals surface area contributed by atoms with Gasteiger partial charge in [-0.1, -0.05) is 20.8 Å². The molecule has 18 heavy (non-hydrogen) atoms. The molecule has 0 saturated carbocycles. The topological polar surface area (TPSA) is 55.0 Å². The molecule has 100 valence electrons. The van der Waals surface area contributed by atoms with Crippen LogP contribution < -0.4 is 10.6 Å². The van der Waals surface area contributed by atoms with E-state index in [9.17, 15) is 0 Å². The van der Waals surface area contributed by atoms with Crippen LogP contribution in [0.5, 0.6) is 0 Å². The Morgan fingerprint density at radius 3 is 2.67 bits per heavy atom. The van der Waals surface area contributed by atoms with Gasteiger partial charge < -0.3 is 10.6 Å². The van der Waals surface area contributed by atoms with Crippen molar-refractivity contribution >= 4 is 11.6 Å². The number of nitrogen functional groups attached to an aromatic ring is 1. The molecule has 1 unspecified atom stereocenters. The molecule has 4 nitrogen and oxygen atoms in total. The van der Waals surface area contributed by atoms with E-state index in [1.165, 1.54) is 12.8 Å². The molecule has 1 aromatic rings. The van der Waals surface area contributed by atoms with Crippen molar-refractivity contribution < 1.29 is 0 Å². The fourth-order valence-corrected chi connectivity index (χ4v) is 2.49.